The standard InChI is InChI=1S/C21H22N4O4S/c1-9-10(2)30-21(16(9)19(22)26)23-20(27)17-13-6-11-7-14(28-4)15(29-5)8-12(11)18(13)25(3)24-17/h7-8H,6H2,1-5H3,(H2,22,26)(H,23,27). The SMILES string of the molecule is COc1cc2c(cc1OC)-c1c(c(C(=O)Nc3sc(C)c(C)c3C(N)=O)nn1C)C2. The van der Waals surface area contributed by atoms with Crippen molar-refractivity contribution in [2.24, 2.45) is 12.8 Å². The van der Waals surface area contributed by atoms with Crippen molar-refractivity contribution >= 4 is 28.2 Å². The molecular weight excluding hydrogens is 404 g/mol. The molecule has 0 saturated carbocycles. The number of nitrogens with zero attached hydrogens (tertiary/aromatic N) is 2. The molecule has 2 amide bonds. The number of primary amides is 1. The highest BCUT2D eigenvalue weighted by atomic mass is 32.1. The van der Waals surface area contributed by atoms with Crippen molar-refractivity contribution in [3.8, 4) is 22.8 Å². The van der Waals surface area contributed by atoms with Crippen LogP contribution in [0.25, 0.3) is 11.3 Å². The lowest BCUT2D eigenvalue weighted by atomic mass is 10.1. The van der Waals surface area contributed by atoms with Gasteiger partial charge in [0.25, 0.3) is 11.8 Å². The van der Waals surface area contributed by atoms with Crippen LogP contribution in [-0.4, -0.2) is 35.8 Å². The van der Waals surface area contributed by atoms with Gasteiger partial charge < -0.3 is 20.5 Å². The van der Waals surface area contributed by atoms with Gasteiger partial charge in [0.2, 0.25) is 0 Å². The van der Waals surface area contributed by atoms with Gasteiger partial charge in [-0.3, -0.25) is 14.3 Å². The van der Waals surface area contributed by atoms with E-state index in [0.29, 0.717) is 34.2 Å². The molecule has 156 valence electrons. The summed E-state index contributed by atoms with van der Waals surface area (Å²) in [6.07, 6.45) is 0.548. The summed E-state index contributed by atoms with van der Waals surface area (Å²) < 4.78 is 12.5. The fourth-order valence-corrected chi connectivity index (χ4v) is 4.97. The molecule has 9 heteroatoms. The molecule has 1 aromatic carbocycles. The Labute approximate surface area is 177 Å². The van der Waals surface area contributed by atoms with Gasteiger partial charge in [-0.2, -0.15) is 5.10 Å². The molecule has 0 atom stereocenters. The maximum absolute atomic E-state index is 13.1. The molecule has 0 fully saturated rings. The number of nitrogens with two attached hydrogens (primary N) is 1. The van der Waals surface area contributed by atoms with E-state index in [1.807, 2.05) is 26.0 Å². The number of benzene rings is 1. The Kier molecular flexibility index (Phi) is 4.77. The van der Waals surface area contributed by atoms with Crippen LogP contribution in [0.15, 0.2) is 12.1 Å². The lowest BCUT2D eigenvalue weighted by molar-refractivity contribution is 0.100. The average molecular weight is 426 g/mol. The number of thiophene rings is 1. The molecule has 0 spiro atoms. The minimum absolute atomic E-state index is 0.320. The molecular formula is C21H22N4O4S. The second kappa shape index (κ2) is 7.17. The molecule has 0 aliphatic heterocycles. The van der Waals surface area contributed by atoms with Gasteiger partial charge in [-0.25, -0.2) is 0 Å². The summed E-state index contributed by atoms with van der Waals surface area (Å²) in [4.78, 5) is 25.9. The summed E-state index contributed by atoms with van der Waals surface area (Å²) in [7, 11) is 4.98. The van der Waals surface area contributed by atoms with Crippen molar-refractivity contribution < 1.29 is 19.1 Å². The van der Waals surface area contributed by atoms with Gasteiger partial charge in [0.15, 0.2) is 17.2 Å². The summed E-state index contributed by atoms with van der Waals surface area (Å²) in [6, 6.07) is 3.83. The number of methoxy groups -OCH3 is 2. The quantitative estimate of drug-likeness (QED) is 0.510. The zero-order valence-electron chi connectivity index (χ0n) is 17.4. The number of hydrogen-bond acceptors (Lipinski definition) is 6. The number of amides is 2. The Morgan fingerprint density at radius 3 is 2.50 bits per heavy atom. The maximum Gasteiger partial charge on any atom is 0.277 e. The zero-order chi connectivity index (χ0) is 21.7. The number of anilines is 1. The van der Waals surface area contributed by atoms with Crippen molar-refractivity contribution in [1.82, 2.24) is 9.78 Å². The monoisotopic (exact) mass is 426 g/mol. The summed E-state index contributed by atoms with van der Waals surface area (Å²) >= 11 is 1.33. The number of carbonyl (C=O) groups is 2. The molecule has 3 aromatic rings. The number of fused-ring (bicyclic) bond motifs is 3. The molecule has 0 bridgehead atoms. The fraction of sp³-hybridized carbons (Fsp3) is 0.286. The first-order valence-corrected chi connectivity index (χ1v) is 10.1. The van der Waals surface area contributed by atoms with E-state index < -0.39 is 5.91 Å². The van der Waals surface area contributed by atoms with E-state index >= 15 is 0 Å². The van der Waals surface area contributed by atoms with E-state index in [0.717, 1.165) is 32.8 Å². The highest BCUT2D eigenvalue weighted by molar-refractivity contribution is 7.16. The van der Waals surface area contributed by atoms with E-state index in [1.165, 1.54) is 11.3 Å². The highest BCUT2D eigenvalue weighted by Gasteiger charge is 2.31. The third-order valence-electron chi connectivity index (χ3n) is 5.45. The zero-order valence-corrected chi connectivity index (χ0v) is 18.2. The second-order valence-corrected chi connectivity index (χ2v) is 8.37. The second-order valence-electron chi connectivity index (χ2n) is 7.15. The van der Waals surface area contributed by atoms with Gasteiger partial charge in [0, 0.05) is 29.5 Å². The Balaban J connectivity index is 1.73. The maximum atomic E-state index is 13.1. The minimum atomic E-state index is -0.565. The molecule has 0 unspecified atom stereocenters. The van der Waals surface area contributed by atoms with Crippen molar-refractivity contribution in [3.63, 3.8) is 0 Å². The van der Waals surface area contributed by atoms with Gasteiger partial charge in [-0.15, -0.1) is 11.3 Å². The molecule has 0 saturated heterocycles. The number of aromatic nitrogens is 2. The van der Waals surface area contributed by atoms with Crippen LogP contribution < -0.4 is 20.5 Å². The predicted octanol–water partition coefficient (Wildman–Crippen LogP) is 3.04. The smallest absolute Gasteiger partial charge is 0.277 e. The van der Waals surface area contributed by atoms with Crippen LogP contribution >= 0.6 is 11.3 Å². The number of nitrogens with one attached hydrogen (secondary N) is 1. The van der Waals surface area contributed by atoms with Crippen molar-refractivity contribution in [1.29, 1.82) is 0 Å². The number of carbonyl (C=O) groups excluding carboxylic acids is 2. The van der Waals surface area contributed by atoms with Crippen LogP contribution in [0.2, 0.25) is 0 Å². The number of hydrogen-bond donors (Lipinski definition) is 2. The van der Waals surface area contributed by atoms with Gasteiger partial charge in [-0.05, 0) is 37.1 Å². The number of ether oxygens (including phenoxy) is 2. The molecule has 1 aliphatic carbocycles. The largest absolute Gasteiger partial charge is 0.493 e. The average Bonchev–Trinajstić information content (AvgIpc) is 3.31. The minimum Gasteiger partial charge on any atom is -0.493 e. The summed E-state index contributed by atoms with van der Waals surface area (Å²) in [5.74, 6) is 0.318. The Bertz CT molecular complexity index is 1210. The van der Waals surface area contributed by atoms with Crippen molar-refractivity contribution in [3.05, 3.63) is 45.0 Å². The van der Waals surface area contributed by atoms with Crippen molar-refractivity contribution in [2.45, 2.75) is 20.3 Å². The lowest BCUT2D eigenvalue weighted by Gasteiger charge is -2.11. The van der Waals surface area contributed by atoms with Gasteiger partial charge in [-0.1, -0.05) is 0 Å². The van der Waals surface area contributed by atoms with Crippen LogP contribution in [0.3, 0.4) is 0 Å². The van der Waals surface area contributed by atoms with Gasteiger partial charge in [0.1, 0.15) is 5.00 Å². The van der Waals surface area contributed by atoms with Crippen LogP contribution in [0.5, 0.6) is 11.5 Å². The first-order valence-electron chi connectivity index (χ1n) is 9.29. The third-order valence-corrected chi connectivity index (χ3v) is 6.57. The predicted molar refractivity (Wildman–Crippen MR) is 115 cm³/mol. The van der Waals surface area contributed by atoms with Gasteiger partial charge >= 0.3 is 0 Å². The molecule has 2 heterocycles. The summed E-state index contributed by atoms with van der Waals surface area (Å²) in [6.45, 7) is 3.70. The first kappa shape index (κ1) is 20.0. The third kappa shape index (κ3) is 2.93. The fourth-order valence-electron chi connectivity index (χ4n) is 3.91. The topological polar surface area (TPSA) is 108 Å². The van der Waals surface area contributed by atoms with Crippen LogP contribution in [0.4, 0.5) is 5.00 Å². The molecule has 8 nitrogen and oxygen atoms in total. The Hall–Kier alpha value is -3.33. The summed E-state index contributed by atoms with van der Waals surface area (Å²) in [5, 5.41) is 7.73. The van der Waals surface area contributed by atoms with Crippen LogP contribution in [0.1, 0.15) is 42.4 Å². The highest BCUT2D eigenvalue weighted by Crippen LogP contribution is 2.44. The number of rotatable bonds is 5. The van der Waals surface area contributed by atoms with E-state index in [1.54, 1.807) is 25.9 Å². The first-order chi connectivity index (χ1) is 14.3. The molecule has 1 aliphatic rings. The van der Waals surface area contributed by atoms with E-state index in [4.69, 9.17) is 15.2 Å². The van der Waals surface area contributed by atoms with Gasteiger partial charge in [0.05, 0.1) is 25.5 Å². The molecule has 30 heavy (non-hydrogen) atoms. The number of aryl methyl sites for hydroxylation is 2. The van der Waals surface area contributed by atoms with Crippen LogP contribution in [0, 0.1) is 13.8 Å². The van der Waals surface area contributed by atoms with Crippen molar-refractivity contribution in [2.75, 3.05) is 19.5 Å². The molecule has 2 aromatic heterocycles. The molecule has 0 radical (unpaired) electrons. The Morgan fingerprint density at radius 1 is 1.20 bits per heavy atom. The van der Waals surface area contributed by atoms with E-state index in [-0.39, 0.29) is 5.91 Å². The summed E-state index contributed by atoms with van der Waals surface area (Å²) in [5.41, 5.74) is 10.6. The normalized spacial score (nSPS) is 11.8. The Morgan fingerprint density at radius 2 is 1.87 bits per heavy atom. The van der Waals surface area contributed by atoms with E-state index in [2.05, 4.69) is 10.4 Å². The molecule has 4 rings (SSSR count). The lowest BCUT2D eigenvalue weighted by Crippen LogP contribution is -2.18. The molecule has 3 N–H and O–H groups in total. The van der Waals surface area contributed by atoms with Crippen LogP contribution in [-0.2, 0) is 13.5 Å². The van der Waals surface area contributed by atoms with E-state index in [9.17, 15) is 9.59 Å².